The van der Waals surface area contributed by atoms with Gasteiger partial charge in [0.25, 0.3) is 5.88 Å². The fraction of sp³-hybridized carbons (Fsp3) is 0.500. The molecule has 1 aromatic rings. The van der Waals surface area contributed by atoms with Gasteiger partial charge >= 0.3 is 0 Å². The van der Waals surface area contributed by atoms with Crippen molar-refractivity contribution in [3.63, 3.8) is 0 Å². The van der Waals surface area contributed by atoms with Crippen LogP contribution in [0, 0.1) is 6.92 Å². The summed E-state index contributed by atoms with van der Waals surface area (Å²) in [4.78, 5) is 0. The first-order valence-electron chi connectivity index (χ1n) is 2.98. The molecular formula is C6H10N2O2. The number of rotatable bonds is 2. The quantitative estimate of drug-likeness (QED) is 0.651. The van der Waals surface area contributed by atoms with Gasteiger partial charge in [-0.25, -0.2) is 0 Å². The van der Waals surface area contributed by atoms with E-state index in [-0.39, 0.29) is 0 Å². The SMILES string of the molecule is COc1noc(CN)c1C. The van der Waals surface area contributed by atoms with E-state index < -0.39 is 0 Å². The zero-order chi connectivity index (χ0) is 7.56. The topological polar surface area (TPSA) is 61.3 Å². The summed E-state index contributed by atoms with van der Waals surface area (Å²) in [6.07, 6.45) is 0. The summed E-state index contributed by atoms with van der Waals surface area (Å²) in [6.45, 7) is 2.22. The Morgan fingerprint density at radius 1 is 1.70 bits per heavy atom. The van der Waals surface area contributed by atoms with Gasteiger partial charge < -0.3 is 15.0 Å². The van der Waals surface area contributed by atoms with E-state index in [1.807, 2.05) is 6.92 Å². The Morgan fingerprint density at radius 3 is 2.70 bits per heavy atom. The fourth-order valence-electron chi connectivity index (χ4n) is 0.733. The highest BCUT2D eigenvalue weighted by molar-refractivity contribution is 5.25. The van der Waals surface area contributed by atoms with Crippen LogP contribution in [0.5, 0.6) is 5.88 Å². The monoisotopic (exact) mass is 142 g/mol. The summed E-state index contributed by atoms with van der Waals surface area (Å²) in [5.74, 6) is 1.19. The number of aromatic nitrogens is 1. The van der Waals surface area contributed by atoms with E-state index in [2.05, 4.69) is 5.16 Å². The van der Waals surface area contributed by atoms with E-state index in [9.17, 15) is 0 Å². The van der Waals surface area contributed by atoms with Crippen molar-refractivity contribution >= 4 is 0 Å². The number of methoxy groups -OCH3 is 1. The largest absolute Gasteiger partial charge is 0.479 e. The lowest BCUT2D eigenvalue weighted by atomic mass is 10.3. The van der Waals surface area contributed by atoms with Crippen LogP contribution in [0.15, 0.2) is 4.52 Å². The third kappa shape index (κ3) is 0.974. The van der Waals surface area contributed by atoms with E-state index in [1.165, 1.54) is 0 Å². The Labute approximate surface area is 58.9 Å². The highest BCUT2D eigenvalue weighted by Crippen LogP contribution is 2.18. The van der Waals surface area contributed by atoms with Crippen LogP contribution < -0.4 is 10.5 Å². The Morgan fingerprint density at radius 2 is 2.40 bits per heavy atom. The number of hydrogen-bond acceptors (Lipinski definition) is 4. The molecule has 0 unspecified atom stereocenters. The van der Waals surface area contributed by atoms with Gasteiger partial charge in [0.05, 0.1) is 19.2 Å². The highest BCUT2D eigenvalue weighted by Gasteiger charge is 2.08. The number of nitrogens with zero attached hydrogens (tertiary/aromatic N) is 1. The van der Waals surface area contributed by atoms with Gasteiger partial charge in [0.1, 0.15) is 0 Å². The lowest BCUT2D eigenvalue weighted by molar-refractivity contribution is 0.327. The Bertz CT molecular complexity index is 198. The fourth-order valence-corrected chi connectivity index (χ4v) is 0.733. The van der Waals surface area contributed by atoms with Gasteiger partial charge in [0.2, 0.25) is 0 Å². The van der Waals surface area contributed by atoms with Gasteiger partial charge in [-0.15, -0.1) is 0 Å². The van der Waals surface area contributed by atoms with Gasteiger partial charge in [-0.1, -0.05) is 0 Å². The predicted octanol–water partition coefficient (Wildman–Crippen LogP) is 0.450. The zero-order valence-corrected chi connectivity index (χ0v) is 6.05. The minimum absolute atomic E-state index is 0.363. The lowest BCUT2D eigenvalue weighted by Crippen LogP contribution is -1.96. The molecule has 0 atom stereocenters. The second kappa shape index (κ2) is 2.70. The smallest absolute Gasteiger partial charge is 0.257 e. The van der Waals surface area contributed by atoms with Crippen LogP contribution in [-0.4, -0.2) is 12.3 Å². The molecule has 10 heavy (non-hydrogen) atoms. The van der Waals surface area contributed by atoms with Gasteiger partial charge in [-0.2, -0.15) is 0 Å². The van der Waals surface area contributed by atoms with Gasteiger partial charge in [-0.05, 0) is 12.1 Å². The molecule has 0 amide bonds. The second-order valence-electron chi connectivity index (χ2n) is 1.94. The number of nitrogens with two attached hydrogens (primary N) is 1. The standard InChI is InChI=1S/C6H10N2O2/c1-4-5(3-7)10-8-6(4)9-2/h3,7H2,1-2H3. The first-order valence-corrected chi connectivity index (χ1v) is 2.98. The van der Waals surface area contributed by atoms with Crippen LogP contribution in [-0.2, 0) is 6.54 Å². The van der Waals surface area contributed by atoms with Crippen molar-refractivity contribution in [1.29, 1.82) is 0 Å². The van der Waals surface area contributed by atoms with Crippen LogP contribution in [0.4, 0.5) is 0 Å². The van der Waals surface area contributed by atoms with Crippen LogP contribution in [0.2, 0.25) is 0 Å². The maximum atomic E-state index is 5.33. The first kappa shape index (κ1) is 7.08. The molecule has 0 radical (unpaired) electrons. The lowest BCUT2D eigenvalue weighted by Gasteiger charge is -1.91. The Hall–Kier alpha value is -1.03. The molecule has 0 saturated carbocycles. The maximum absolute atomic E-state index is 5.33. The van der Waals surface area contributed by atoms with Crippen molar-refractivity contribution in [3.8, 4) is 5.88 Å². The van der Waals surface area contributed by atoms with Crippen molar-refractivity contribution in [2.24, 2.45) is 5.73 Å². The molecule has 0 spiro atoms. The molecule has 1 heterocycles. The summed E-state index contributed by atoms with van der Waals surface area (Å²) < 4.78 is 9.70. The second-order valence-corrected chi connectivity index (χ2v) is 1.94. The molecule has 2 N–H and O–H groups in total. The minimum Gasteiger partial charge on any atom is -0.479 e. The molecule has 4 heteroatoms. The van der Waals surface area contributed by atoms with Crippen molar-refractivity contribution in [3.05, 3.63) is 11.3 Å². The highest BCUT2D eigenvalue weighted by atomic mass is 16.5. The molecular weight excluding hydrogens is 132 g/mol. The molecule has 1 rings (SSSR count). The van der Waals surface area contributed by atoms with E-state index in [4.69, 9.17) is 15.0 Å². The van der Waals surface area contributed by atoms with Crippen LogP contribution in [0.1, 0.15) is 11.3 Å². The summed E-state index contributed by atoms with van der Waals surface area (Å²) in [5, 5.41) is 3.63. The molecule has 0 fully saturated rings. The molecule has 0 aliphatic rings. The third-order valence-electron chi connectivity index (χ3n) is 1.36. The van der Waals surface area contributed by atoms with Gasteiger partial charge in [0.15, 0.2) is 5.76 Å². The van der Waals surface area contributed by atoms with Crippen molar-refractivity contribution in [2.45, 2.75) is 13.5 Å². The molecule has 56 valence electrons. The van der Waals surface area contributed by atoms with E-state index in [0.717, 1.165) is 5.56 Å². The molecule has 0 aliphatic heterocycles. The van der Waals surface area contributed by atoms with Crippen molar-refractivity contribution < 1.29 is 9.26 Å². The van der Waals surface area contributed by atoms with Gasteiger partial charge in [0, 0.05) is 0 Å². The summed E-state index contributed by atoms with van der Waals surface area (Å²) in [5.41, 5.74) is 6.21. The van der Waals surface area contributed by atoms with E-state index in [1.54, 1.807) is 7.11 Å². The van der Waals surface area contributed by atoms with E-state index in [0.29, 0.717) is 18.2 Å². The normalized spacial score (nSPS) is 9.90. The molecule has 4 nitrogen and oxygen atoms in total. The molecule has 0 saturated heterocycles. The molecule has 1 aromatic heterocycles. The predicted molar refractivity (Wildman–Crippen MR) is 35.7 cm³/mol. The Balaban J connectivity index is 2.97. The average Bonchev–Trinajstić information content (AvgIpc) is 2.30. The van der Waals surface area contributed by atoms with Crippen LogP contribution >= 0.6 is 0 Å². The van der Waals surface area contributed by atoms with Crippen LogP contribution in [0.25, 0.3) is 0 Å². The third-order valence-corrected chi connectivity index (χ3v) is 1.36. The molecule has 0 aromatic carbocycles. The number of ether oxygens (including phenoxy) is 1. The van der Waals surface area contributed by atoms with Gasteiger partial charge in [-0.3, -0.25) is 0 Å². The zero-order valence-electron chi connectivity index (χ0n) is 6.05. The van der Waals surface area contributed by atoms with Crippen molar-refractivity contribution in [2.75, 3.05) is 7.11 Å². The summed E-state index contributed by atoms with van der Waals surface area (Å²) >= 11 is 0. The molecule has 0 aliphatic carbocycles. The van der Waals surface area contributed by atoms with Crippen molar-refractivity contribution in [1.82, 2.24) is 5.16 Å². The number of hydrogen-bond donors (Lipinski definition) is 1. The Kier molecular flexibility index (Phi) is 1.91. The average molecular weight is 142 g/mol. The maximum Gasteiger partial charge on any atom is 0.257 e. The first-order chi connectivity index (χ1) is 4.79. The van der Waals surface area contributed by atoms with Crippen LogP contribution in [0.3, 0.4) is 0 Å². The molecule has 0 bridgehead atoms. The minimum atomic E-state index is 0.363. The summed E-state index contributed by atoms with van der Waals surface area (Å²) in [6, 6.07) is 0. The van der Waals surface area contributed by atoms with E-state index >= 15 is 0 Å². The summed E-state index contributed by atoms with van der Waals surface area (Å²) in [7, 11) is 1.55.